The summed E-state index contributed by atoms with van der Waals surface area (Å²) in [4.78, 5) is 15.1. The van der Waals surface area contributed by atoms with Crippen molar-refractivity contribution in [1.29, 1.82) is 0 Å². The van der Waals surface area contributed by atoms with Gasteiger partial charge in [-0.15, -0.1) is 0 Å². The van der Waals surface area contributed by atoms with Gasteiger partial charge in [-0.25, -0.2) is 8.42 Å². The van der Waals surface area contributed by atoms with E-state index in [9.17, 15) is 13.2 Å². The first-order valence-corrected chi connectivity index (χ1v) is 12.3. The second-order valence-corrected chi connectivity index (χ2v) is 10.4. The molecule has 1 fully saturated rings. The number of hydrogen-bond acceptors (Lipinski definition) is 4. The van der Waals surface area contributed by atoms with Gasteiger partial charge in [-0.3, -0.25) is 4.79 Å². The zero-order valence-corrected chi connectivity index (χ0v) is 19.4. The van der Waals surface area contributed by atoms with Gasteiger partial charge < -0.3 is 10.2 Å². The average molecular weight is 444 g/mol. The Labute approximate surface area is 186 Å². The highest BCUT2D eigenvalue weighted by Gasteiger charge is 2.31. The van der Waals surface area contributed by atoms with Crippen LogP contribution < -0.4 is 5.32 Å². The quantitative estimate of drug-likeness (QED) is 0.680. The predicted molar refractivity (Wildman–Crippen MR) is 124 cm³/mol. The molecular formula is C24H33N3O3S. The summed E-state index contributed by atoms with van der Waals surface area (Å²) in [6, 6.07) is 16.6. The van der Waals surface area contributed by atoms with Crippen molar-refractivity contribution < 1.29 is 13.2 Å². The molecule has 1 aliphatic heterocycles. The lowest BCUT2D eigenvalue weighted by Gasteiger charge is -2.32. The Balaban J connectivity index is 1.69. The van der Waals surface area contributed by atoms with Gasteiger partial charge in [-0.1, -0.05) is 42.8 Å². The molecule has 2 atom stereocenters. The largest absolute Gasteiger partial charge is 0.350 e. The van der Waals surface area contributed by atoms with Crippen molar-refractivity contribution in [3.05, 3.63) is 65.7 Å². The molecule has 1 aliphatic rings. The van der Waals surface area contributed by atoms with E-state index in [-0.39, 0.29) is 22.9 Å². The van der Waals surface area contributed by atoms with Crippen LogP contribution in [0.3, 0.4) is 0 Å². The molecule has 7 heteroatoms. The summed E-state index contributed by atoms with van der Waals surface area (Å²) >= 11 is 0. The van der Waals surface area contributed by atoms with Gasteiger partial charge in [0.15, 0.2) is 0 Å². The molecule has 1 amide bonds. The zero-order valence-electron chi connectivity index (χ0n) is 18.6. The number of likely N-dealkylation sites (N-methyl/N-ethyl adjacent to an activating group) is 1. The zero-order chi connectivity index (χ0) is 22.4. The van der Waals surface area contributed by atoms with Crippen LogP contribution in [0.25, 0.3) is 0 Å². The first-order chi connectivity index (χ1) is 14.8. The normalized spacial score (nSPS) is 18.6. The summed E-state index contributed by atoms with van der Waals surface area (Å²) < 4.78 is 27.8. The molecule has 31 heavy (non-hydrogen) atoms. The van der Waals surface area contributed by atoms with Crippen LogP contribution in [-0.2, 0) is 16.4 Å². The number of piperidine rings is 1. The van der Waals surface area contributed by atoms with Gasteiger partial charge in [0.1, 0.15) is 0 Å². The molecule has 0 radical (unpaired) electrons. The monoisotopic (exact) mass is 443 g/mol. The summed E-state index contributed by atoms with van der Waals surface area (Å²) in [5.41, 5.74) is 1.57. The van der Waals surface area contributed by atoms with Gasteiger partial charge in [0, 0.05) is 30.7 Å². The van der Waals surface area contributed by atoms with Crippen LogP contribution in [-0.4, -0.2) is 62.8 Å². The van der Waals surface area contributed by atoms with Crippen LogP contribution in [0.2, 0.25) is 0 Å². The number of hydrogen-bond donors (Lipinski definition) is 1. The maximum atomic E-state index is 13.1. The van der Waals surface area contributed by atoms with Gasteiger partial charge in [0.2, 0.25) is 10.0 Å². The van der Waals surface area contributed by atoms with Crippen molar-refractivity contribution in [2.24, 2.45) is 0 Å². The number of nitrogens with zero attached hydrogens (tertiary/aromatic N) is 2. The molecule has 6 nitrogen and oxygen atoms in total. The standard InChI is InChI=1S/C24H33N3O3S/c1-19-10-7-8-15-27(19)31(29,30)23-14-9-13-21(17-23)24(28)25-18-22(26(2)3)16-20-11-5-4-6-12-20/h4-6,9,11-14,17,19,22H,7-8,10,15-16,18H2,1-3H3,(H,25,28). The second kappa shape index (κ2) is 10.4. The number of rotatable bonds is 8. The van der Waals surface area contributed by atoms with E-state index < -0.39 is 10.0 Å². The summed E-state index contributed by atoms with van der Waals surface area (Å²) in [6.45, 7) is 2.95. The fourth-order valence-electron chi connectivity index (χ4n) is 4.00. The van der Waals surface area contributed by atoms with E-state index in [1.807, 2.05) is 39.2 Å². The molecule has 0 aromatic heterocycles. The minimum absolute atomic E-state index is 0.0185. The second-order valence-electron chi connectivity index (χ2n) is 8.51. The summed E-state index contributed by atoms with van der Waals surface area (Å²) in [6.07, 6.45) is 3.60. The molecule has 2 aromatic rings. The molecule has 1 saturated heterocycles. The smallest absolute Gasteiger partial charge is 0.251 e. The third-order valence-corrected chi connectivity index (χ3v) is 8.00. The van der Waals surface area contributed by atoms with Crippen molar-refractivity contribution in [1.82, 2.24) is 14.5 Å². The highest BCUT2D eigenvalue weighted by Crippen LogP contribution is 2.25. The fourth-order valence-corrected chi connectivity index (χ4v) is 5.74. The number of carbonyl (C=O) groups is 1. The maximum Gasteiger partial charge on any atom is 0.251 e. The minimum atomic E-state index is -3.61. The van der Waals surface area contributed by atoms with Crippen molar-refractivity contribution in [2.45, 2.75) is 49.6 Å². The summed E-state index contributed by atoms with van der Waals surface area (Å²) in [5, 5.41) is 2.98. The van der Waals surface area contributed by atoms with E-state index in [2.05, 4.69) is 22.3 Å². The highest BCUT2D eigenvalue weighted by molar-refractivity contribution is 7.89. The number of sulfonamides is 1. The van der Waals surface area contributed by atoms with Gasteiger partial charge in [-0.2, -0.15) is 4.31 Å². The number of benzene rings is 2. The van der Waals surface area contributed by atoms with Crippen LogP contribution in [0.5, 0.6) is 0 Å². The number of nitrogens with one attached hydrogen (secondary N) is 1. The Morgan fingerprint density at radius 1 is 1.13 bits per heavy atom. The molecule has 168 valence electrons. The summed E-state index contributed by atoms with van der Waals surface area (Å²) in [5.74, 6) is -0.261. The van der Waals surface area contributed by atoms with Crippen LogP contribution in [0, 0.1) is 0 Å². The topological polar surface area (TPSA) is 69.7 Å². The Morgan fingerprint density at radius 3 is 2.55 bits per heavy atom. The first-order valence-electron chi connectivity index (χ1n) is 10.9. The van der Waals surface area contributed by atoms with E-state index in [1.54, 1.807) is 22.5 Å². The van der Waals surface area contributed by atoms with E-state index in [0.717, 1.165) is 25.7 Å². The fraction of sp³-hybridized carbons (Fsp3) is 0.458. The van der Waals surface area contributed by atoms with Crippen LogP contribution in [0.1, 0.15) is 42.1 Å². The molecule has 3 rings (SSSR count). The van der Waals surface area contributed by atoms with Crippen molar-refractivity contribution in [3.63, 3.8) is 0 Å². The lowest BCUT2D eigenvalue weighted by atomic mass is 10.1. The third-order valence-electron chi connectivity index (χ3n) is 5.99. The van der Waals surface area contributed by atoms with Gasteiger partial charge >= 0.3 is 0 Å². The number of amides is 1. The van der Waals surface area contributed by atoms with E-state index in [4.69, 9.17) is 0 Å². The number of carbonyl (C=O) groups excluding carboxylic acids is 1. The SMILES string of the molecule is CC1CCCCN1S(=O)(=O)c1cccc(C(=O)NCC(Cc2ccccc2)N(C)C)c1. The molecule has 1 N–H and O–H groups in total. The van der Waals surface area contributed by atoms with Gasteiger partial charge in [0.05, 0.1) is 4.90 Å². The molecule has 2 aromatic carbocycles. The Bertz CT molecular complexity index is 977. The van der Waals surface area contributed by atoms with E-state index in [1.165, 1.54) is 11.6 Å². The maximum absolute atomic E-state index is 13.1. The Morgan fingerprint density at radius 2 is 1.87 bits per heavy atom. The van der Waals surface area contributed by atoms with E-state index >= 15 is 0 Å². The lowest BCUT2D eigenvalue weighted by molar-refractivity contribution is 0.0941. The lowest BCUT2D eigenvalue weighted by Crippen LogP contribution is -2.42. The van der Waals surface area contributed by atoms with E-state index in [0.29, 0.717) is 18.7 Å². The van der Waals surface area contributed by atoms with Crippen LogP contribution in [0.15, 0.2) is 59.5 Å². The van der Waals surface area contributed by atoms with Crippen molar-refractivity contribution in [3.8, 4) is 0 Å². The average Bonchev–Trinajstić information content (AvgIpc) is 2.77. The van der Waals surface area contributed by atoms with Crippen molar-refractivity contribution >= 4 is 15.9 Å². The van der Waals surface area contributed by atoms with Gasteiger partial charge in [0.25, 0.3) is 5.91 Å². The van der Waals surface area contributed by atoms with Crippen LogP contribution in [0.4, 0.5) is 0 Å². The third kappa shape index (κ3) is 5.93. The Kier molecular flexibility index (Phi) is 7.86. The minimum Gasteiger partial charge on any atom is -0.350 e. The Hall–Kier alpha value is -2.22. The molecule has 2 unspecified atom stereocenters. The van der Waals surface area contributed by atoms with Gasteiger partial charge in [-0.05, 0) is 64.0 Å². The van der Waals surface area contributed by atoms with Crippen LogP contribution >= 0.6 is 0 Å². The molecule has 0 spiro atoms. The molecule has 0 bridgehead atoms. The highest BCUT2D eigenvalue weighted by atomic mass is 32.2. The molecule has 0 saturated carbocycles. The summed E-state index contributed by atoms with van der Waals surface area (Å²) in [7, 11) is 0.378. The van der Waals surface area contributed by atoms with Crippen molar-refractivity contribution in [2.75, 3.05) is 27.2 Å². The molecule has 1 heterocycles. The first kappa shape index (κ1) is 23.4. The predicted octanol–water partition coefficient (Wildman–Crippen LogP) is 3.15. The molecule has 0 aliphatic carbocycles. The molecular weight excluding hydrogens is 410 g/mol.